The fourth-order valence-corrected chi connectivity index (χ4v) is 4.29. The number of carbonyl (C=O) groups excluding carboxylic acids is 1. The summed E-state index contributed by atoms with van der Waals surface area (Å²) in [5.41, 5.74) is 0.799. The lowest BCUT2D eigenvalue weighted by atomic mass is 10.1. The van der Waals surface area contributed by atoms with Gasteiger partial charge in [0.15, 0.2) is 0 Å². The Morgan fingerprint density at radius 1 is 1.37 bits per heavy atom. The second-order valence-electron chi connectivity index (χ2n) is 4.29. The van der Waals surface area contributed by atoms with Crippen LogP contribution in [0.15, 0.2) is 4.47 Å². The first kappa shape index (κ1) is 14.6. The average molecular weight is 357 g/mol. The van der Waals surface area contributed by atoms with Gasteiger partial charge < -0.3 is 14.8 Å². The van der Waals surface area contributed by atoms with E-state index in [1.807, 2.05) is 0 Å². The predicted octanol–water partition coefficient (Wildman–Crippen LogP) is 2.36. The van der Waals surface area contributed by atoms with Crippen LogP contribution < -0.4 is 5.11 Å². The van der Waals surface area contributed by atoms with Crippen LogP contribution in [-0.2, 0) is 19.3 Å². The molecule has 0 fully saturated rings. The molecule has 1 aliphatic heterocycles. The van der Waals surface area contributed by atoms with Crippen molar-refractivity contribution in [1.29, 1.82) is 0 Å². The van der Waals surface area contributed by atoms with Crippen molar-refractivity contribution in [2.75, 3.05) is 13.1 Å². The molecule has 1 aromatic heterocycles. The number of alkyl halides is 3. The maximum Gasteiger partial charge on any atom is 0.393 e. The van der Waals surface area contributed by atoms with E-state index < -0.39 is 18.7 Å². The molecule has 0 radical (unpaired) electrons. The first-order valence-corrected chi connectivity index (χ1v) is 7.20. The minimum atomic E-state index is -4.23. The first-order valence-electron chi connectivity index (χ1n) is 5.59. The largest absolute Gasteiger partial charge is 0.530 e. The van der Waals surface area contributed by atoms with E-state index >= 15 is 0 Å². The molecule has 0 spiro atoms. The highest BCUT2D eigenvalue weighted by molar-refractivity contribution is 9.10. The third-order valence-electron chi connectivity index (χ3n) is 2.95. The highest BCUT2D eigenvalue weighted by Crippen LogP contribution is 2.38. The van der Waals surface area contributed by atoms with Gasteiger partial charge in [-0.05, 0) is 34.3 Å². The summed E-state index contributed by atoms with van der Waals surface area (Å²) in [6, 6.07) is 0. The molecule has 2 rings (SSSR count). The van der Waals surface area contributed by atoms with E-state index in [1.54, 1.807) is 0 Å². The smallest absolute Gasteiger partial charge is 0.393 e. The molecule has 1 aromatic rings. The van der Waals surface area contributed by atoms with Crippen molar-refractivity contribution in [1.82, 2.24) is 4.90 Å². The Bertz CT molecular complexity index is 501. The summed E-state index contributed by atoms with van der Waals surface area (Å²) in [4.78, 5) is 13.1. The number of halogens is 4. The molecule has 19 heavy (non-hydrogen) atoms. The maximum atomic E-state index is 12.4. The summed E-state index contributed by atoms with van der Waals surface area (Å²) in [7, 11) is 0. The van der Waals surface area contributed by atoms with Crippen LogP contribution in [0.25, 0.3) is 0 Å². The van der Waals surface area contributed by atoms with Crippen LogP contribution in [0.3, 0.4) is 0 Å². The molecule has 2 heterocycles. The Kier molecular flexibility index (Phi) is 4.10. The average Bonchev–Trinajstić information content (AvgIpc) is 2.48. The monoisotopic (exact) mass is 356 g/mol. The number of rotatable bonds is 1. The number of hydrogen-bond donors (Lipinski definition) is 0. The molecule has 0 atom stereocenters. The standard InChI is InChI=1S/C11H11BrF3NO2S/c12-9-6-1-3-16(10(17)18)4-2-7(6)19-8(9)5-11(13,14)15/h1-5H2,(H,17,18)/p-1. The molecule has 106 valence electrons. The molecule has 0 aromatic carbocycles. The predicted molar refractivity (Wildman–Crippen MR) is 66.2 cm³/mol. The van der Waals surface area contributed by atoms with Crippen molar-refractivity contribution in [3.05, 3.63) is 19.8 Å². The molecular weight excluding hydrogens is 347 g/mol. The molecule has 1 amide bonds. The summed E-state index contributed by atoms with van der Waals surface area (Å²) in [6.45, 7) is 0.532. The first-order chi connectivity index (χ1) is 8.78. The molecular formula is C11H10BrF3NO2S-. The fourth-order valence-electron chi connectivity index (χ4n) is 2.07. The minimum absolute atomic E-state index is 0.260. The van der Waals surface area contributed by atoms with Gasteiger partial charge in [0.2, 0.25) is 0 Å². The minimum Gasteiger partial charge on any atom is -0.530 e. The number of carbonyl (C=O) groups is 1. The summed E-state index contributed by atoms with van der Waals surface area (Å²) >= 11 is 4.32. The number of thiophene rings is 1. The van der Waals surface area contributed by atoms with Gasteiger partial charge in [-0.15, -0.1) is 11.3 Å². The second-order valence-corrected chi connectivity index (χ2v) is 6.27. The molecule has 0 aliphatic carbocycles. The lowest BCUT2D eigenvalue weighted by Crippen LogP contribution is -2.42. The Morgan fingerprint density at radius 2 is 2.00 bits per heavy atom. The van der Waals surface area contributed by atoms with Crippen LogP contribution in [0.2, 0.25) is 0 Å². The molecule has 0 saturated heterocycles. The highest BCUT2D eigenvalue weighted by Gasteiger charge is 2.31. The van der Waals surface area contributed by atoms with Gasteiger partial charge in [0.25, 0.3) is 0 Å². The number of fused-ring (bicyclic) bond motifs is 1. The normalized spacial score (nSPS) is 16.1. The molecule has 0 saturated carbocycles. The van der Waals surface area contributed by atoms with Crippen LogP contribution in [0.1, 0.15) is 15.3 Å². The molecule has 1 aliphatic rings. The van der Waals surface area contributed by atoms with Gasteiger partial charge in [-0.2, -0.15) is 13.2 Å². The summed E-state index contributed by atoms with van der Waals surface area (Å²) in [6.07, 6.45) is -5.57. The number of carboxylic acid groups (broad SMARTS) is 1. The zero-order chi connectivity index (χ0) is 14.2. The van der Waals surface area contributed by atoms with Gasteiger partial charge in [0.1, 0.15) is 6.09 Å². The lowest BCUT2D eigenvalue weighted by Gasteiger charge is -2.22. The molecule has 0 unspecified atom stereocenters. The van der Waals surface area contributed by atoms with E-state index in [9.17, 15) is 23.1 Å². The van der Waals surface area contributed by atoms with Gasteiger partial charge in [-0.25, -0.2) is 0 Å². The van der Waals surface area contributed by atoms with Crippen LogP contribution in [0.4, 0.5) is 18.0 Å². The van der Waals surface area contributed by atoms with E-state index in [4.69, 9.17) is 0 Å². The maximum absolute atomic E-state index is 12.4. The van der Waals surface area contributed by atoms with Gasteiger partial charge in [-0.1, -0.05) is 0 Å². The van der Waals surface area contributed by atoms with Crippen LogP contribution >= 0.6 is 27.3 Å². The Hall–Kier alpha value is -0.760. The van der Waals surface area contributed by atoms with Gasteiger partial charge in [0, 0.05) is 27.3 Å². The van der Waals surface area contributed by atoms with Gasteiger partial charge in [0.05, 0.1) is 6.42 Å². The highest BCUT2D eigenvalue weighted by atomic mass is 79.9. The summed E-state index contributed by atoms with van der Waals surface area (Å²) in [5, 5.41) is 10.8. The number of nitrogens with zero attached hydrogens (tertiary/aromatic N) is 1. The Labute approximate surface area is 120 Å². The van der Waals surface area contributed by atoms with E-state index in [2.05, 4.69) is 15.9 Å². The van der Waals surface area contributed by atoms with Crippen molar-refractivity contribution in [2.45, 2.75) is 25.4 Å². The van der Waals surface area contributed by atoms with Crippen molar-refractivity contribution >= 4 is 33.4 Å². The van der Waals surface area contributed by atoms with Crippen molar-refractivity contribution < 1.29 is 23.1 Å². The van der Waals surface area contributed by atoms with Crippen molar-refractivity contribution in [3.63, 3.8) is 0 Å². The lowest BCUT2D eigenvalue weighted by molar-refractivity contribution is -0.265. The van der Waals surface area contributed by atoms with Crippen molar-refractivity contribution in [3.8, 4) is 0 Å². The topological polar surface area (TPSA) is 43.4 Å². The molecule has 0 bridgehead atoms. The molecule has 8 heteroatoms. The van der Waals surface area contributed by atoms with Crippen molar-refractivity contribution in [2.24, 2.45) is 0 Å². The third-order valence-corrected chi connectivity index (χ3v) is 5.46. The van der Waals surface area contributed by atoms with E-state index in [0.717, 1.165) is 21.8 Å². The van der Waals surface area contributed by atoms with Crippen LogP contribution in [-0.4, -0.2) is 30.3 Å². The molecule has 0 N–H and O–H groups in total. The van der Waals surface area contributed by atoms with E-state index in [0.29, 0.717) is 17.3 Å². The Balaban J connectivity index is 2.21. The van der Waals surface area contributed by atoms with E-state index in [1.165, 1.54) is 4.90 Å². The molecule has 3 nitrogen and oxygen atoms in total. The zero-order valence-corrected chi connectivity index (χ0v) is 12.1. The zero-order valence-electron chi connectivity index (χ0n) is 9.72. The van der Waals surface area contributed by atoms with Gasteiger partial charge >= 0.3 is 6.18 Å². The number of amides is 1. The fraction of sp³-hybridized carbons (Fsp3) is 0.545. The van der Waals surface area contributed by atoms with E-state index in [-0.39, 0.29) is 18.0 Å². The quantitative estimate of drug-likeness (QED) is 0.775. The SMILES string of the molecule is O=C([O-])N1CCc2sc(CC(F)(F)F)c(Br)c2CC1. The Morgan fingerprint density at radius 3 is 2.58 bits per heavy atom. The second kappa shape index (κ2) is 5.32. The number of hydrogen-bond acceptors (Lipinski definition) is 3. The van der Waals surface area contributed by atoms with Crippen LogP contribution in [0, 0.1) is 0 Å². The summed E-state index contributed by atoms with van der Waals surface area (Å²) < 4.78 is 37.8. The van der Waals surface area contributed by atoms with Crippen LogP contribution in [0.5, 0.6) is 0 Å². The van der Waals surface area contributed by atoms with Gasteiger partial charge in [-0.3, -0.25) is 0 Å². The summed E-state index contributed by atoms with van der Waals surface area (Å²) in [5.74, 6) is 0. The third kappa shape index (κ3) is 3.42.